The van der Waals surface area contributed by atoms with Crippen LogP contribution in [0.2, 0.25) is 0 Å². The van der Waals surface area contributed by atoms with Crippen molar-refractivity contribution in [2.75, 3.05) is 7.11 Å². The third kappa shape index (κ3) is 3.48. The Labute approximate surface area is 85.6 Å². The van der Waals surface area contributed by atoms with Crippen molar-refractivity contribution in [2.45, 2.75) is 45.1 Å². The number of hydrogen-bond donors (Lipinski definition) is 0. The molecule has 1 saturated carbocycles. The van der Waals surface area contributed by atoms with Crippen molar-refractivity contribution >= 4 is 12.2 Å². The molecule has 0 aromatic carbocycles. The van der Waals surface area contributed by atoms with Gasteiger partial charge in [-0.1, -0.05) is 19.3 Å². The van der Waals surface area contributed by atoms with Crippen LogP contribution in [0.15, 0.2) is 4.99 Å². The summed E-state index contributed by atoms with van der Waals surface area (Å²) in [7, 11) is 1.40. The van der Waals surface area contributed by atoms with Gasteiger partial charge in [0.05, 0.1) is 7.11 Å². The smallest absolute Gasteiger partial charge is 0.330 e. The van der Waals surface area contributed by atoms with E-state index >= 15 is 0 Å². The van der Waals surface area contributed by atoms with Crippen LogP contribution in [0.5, 0.6) is 0 Å². The molecule has 1 rings (SSSR count). The molecule has 0 N–H and O–H groups in total. The summed E-state index contributed by atoms with van der Waals surface area (Å²) in [5, 5.41) is 0. The van der Waals surface area contributed by atoms with E-state index in [-0.39, 0.29) is 12.0 Å². The van der Waals surface area contributed by atoms with E-state index in [1.165, 1.54) is 39.2 Å². The summed E-state index contributed by atoms with van der Waals surface area (Å²) in [4.78, 5) is 15.3. The summed E-state index contributed by atoms with van der Waals surface area (Å²) in [5.74, 6) is 0.327. The molecule has 1 fully saturated rings. The fourth-order valence-corrected chi connectivity index (χ4v) is 1.77. The highest BCUT2D eigenvalue weighted by molar-refractivity contribution is 5.77. The molecule has 0 aromatic rings. The van der Waals surface area contributed by atoms with Crippen LogP contribution in [0.25, 0.3) is 0 Å². The minimum atomic E-state index is -0.345. The maximum Gasteiger partial charge on any atom is 0.330 e. The van der Waals surface area contributed by atoms with Crippen molar-refractivity contribution in [1.29, 1.82) is 0 Å². The Kier molecular flexibility index (Phi) is 4.63. The number of ether oxygens (including phenoxy) is 1. The molecule has 3 nitrogen and oxygen atoms in total. The van der Waals surface area contributed by atoms with Crippen LogP contribution in [0.4, 0.5) is 0 Å². The van der Waals surface area contributed by atoms with E-state index in [1.807, 2.05) is 6.21 Å². The summed E-state index contributed by atoms with van der Waals surface area (Å²) in [5.41, 5.74) is 0. The molecule has 1 aliphatic carbocycles. The first-order valence-electron chi connectivity index (χ1n) is 5.35. The number of esters is 1. The van der Waals surface area contributed by atoms with Crippen molar-refractivity contribution < 1.29 is 9.53 Å². The molecule has 0 radical (unpaired) electrons. The Hall–Kier alpha value is -0.860. The topological polar surface area (TPSA) is 38.7 Å². The average Bonchev–Trinajstić information content (AvgIpc) is 2.26. The van der Waals surface area contributed by atoms with Crippen LogP contribution >= 0.6 is 0 Å². The molecule has 1 atom stereocenters. The molecular weight excluding hydrogens is 178 g/mol. The first-order chi connectivity index (χ1) is 6.74. The molecule has 1 aliphatic rings. The lowest BCUT2D eigenvalue weighted by Gasteiger charge is -2.17. The molecule has 0 bridgehead atoms. The van der Waals surface area contributed by atoms with Gasteiger partial charge in [0.25, 0.3) is 0 Å². The third-order valence-electron chi connectivity index (χ3n) is 2.71. The molecule has 1 unspecified atom stereocenters. The van der Waals surface area contributed by atoms with Crippen LogP contribution in [0, 0.1) is 5.92 Å². The Morgan fingerprint density at radius 2 is 2.07 bits per heavy atom. The molecule has 0 amide bonds. The predicted octanol–water partition coefficient (Wildman–Crippen LogP) is 2.20. The summed E-state index contributed by atoms with van der Waals surface area (Å²) in [6.07, 6.45) is 8.32. The van der Waals surface area contributed by atoms with Gasteiger partial charge in [-0.2, -0.15) is 0 Å². The molecule has 3 heteroatoms. The standard InChI is InChI=1S/C11H19NO2/c1-9(11(13)14-2)12-8-10-6-4-3-5-7-10/h8-10H,3-7H2,1-2H3. The SMILES string of the molecule is COC(=O)C(C)N=CC1CCCCC1. The second-order valence-corrected chi connectivity index (χ2v) is 3.90. The Morgan fingerprint density at radius 3 is 2.64 bits per heavy atom. The van der Waals surface area contributed by atoms with Gasteiger partial charge in [-0.05, 0) is 25.7 Å². The number of carbonyl (C=O) groups excluding carboxylic acids is 1. The largest absolute Gasteiger partial charge is 0.467 e. The number of hydrogen-bond acceptors (Lipinski definition) is 3. The fraction of sp³-hybridized carbons (Fsp3) is 0.818. The van der Waals surface area contributed by atoms with Crippen LogP contribution in [-0.4, -0.2) is 25.3 Å². The summed E-state index contributed by atoms with van der Waals surface area (Å²) in [6.45, 7) is 1.77. The van der Waals surface area contributed by atoms with E-state index in [0.29, 0.717) is 5.92 Å². The number of aliphatic imine (C=N–C) groups is 1. The minimum Gasteiger partial charge on any atom is -0.467 e. The maximum atomic E-state index is 11.0. The lowest BCUT2D eigenvalue weighted by Crippen LogP contribution is -2.17. The van der Waals surface area contributed by atoms with Gasteiger partial charge in [0.1, 0.15) is 6.04 Å². The zero-order valence-electron chi connectivity index (χ0n) is 9.03. The zero-order chi connectivity index (χ0) is 10.4. The Bertz CT molecular complexity index is 207. The summed E-state index contributed by atoms with van der Waals surface area (Å²) < 4.78 is 4.60. The molecule has 0 aliphatic heterocycles. The molecule has 0 aromatic heterocycles. The predicted molar refractivity (Wildman–Crippen MR) is 56.5 cm³/mol. The van der Waals surface area contributed by atoms with Crippen molar-refractivity contribution in [3.05, 3.63) is 0 Å². The fourth-order valence-electron chi connectivity index (χ4n) is 1.77. The highest BCUT2D eigenvalue weighted by Gasteiger charge is 2.13. The summed E-state index contributed by atoms with van der Waals surface area (Å²) in [6, 6.07) is -0.345. The van der Waals surface area contributed by atoms with Gasteiger partial charge in [-0.25, -0.2) is 4.79 Å². The normalized spacial score (nSPS) is 21.0. The quantitative estimate of drug-likeness (QED) is 0.514. The molecule has 0 saturated heterocycles. The zero-order valence-corrected chi connectivity index (χ0v) is 9.03. The van der Waals surface area contributed by atoms with Gasteiger partial charge in [0, 0.05) is 6.21 Å². The van der Waals surface area contributed by atoms with E-state index in [1.54, 1.807) is 6.92 Å². The molecular formula is C11H19NO2. The van der Waals surface area contributed by atoms with Gasteiger partial charge in [0.2, 0.25) is 0 Å². The van der Waals surface area contributed by atoms with Crippen LogP contribution in [0.3, 0.4) is 0 Å². The van der Waals surface area contributed by atoms with Gasteiger partial charge >= 0.3 is 5.97 Å². The van der Waals surface area contributed by atoms with Crippen molar-refractivity contribution in [3.63, 3.8) is 0 Å². The summed E-state index contributed by atoms with van der Waals surface area (Å²) >= 11 is 0. The number of methoxy groups -OCH3 is 1. The van der Waals surface area contributed by atoms with E-state index in [0.717, 1.165) is 0 Å². The van der Waals surface area contributed by atoms with Gasteiger partial charge in [0.15, 0.2) is 0 Å². The molecule has 0 heterocycles. The van der Waals surface area contributed by atoms with E-state index < -0.39 is 0 Å². The van der Waals surface area contributed by atoms with Gasteiger partial charge in [-0.3, -0.25) is 4.99 Å². The van der Waals surface area contributed by atoms with Gasteiger partial charge in [-0.15, -0.1) is 0 Å². The van der Waals surface area contributed by atoms with Crippen molar-refractivity contribution in [2.24, 2.45) is 10.9 Å². The van der Waals surface area contributed by atoms with Crippen LogP contribution in [-0.2, 0) is 9.53 Å². The number of rotatable bonds is 3. The Balaban J connectivity index is 2.33. The van der Waals surface area contributed by atoms with Gasteiger partial charge < -0.3 is 4.74 Å². The molecule has 0 spiro atoms. The van der Waals surface area contributed by atoms with Crippen LogP contribution < -0.4 is 0 Å². The molecule has 14 heavy (non-hydrogen) atoms. The van der Waals surface area contributed by atoms with E-state index in [2.05, 4.69) is 9.73 Å². The van der Waals surface area contributed by atoms with Crippen LogP contribution in [0.1, 0.15) is 39.0 Å². The second kappa shape index (κ2) is 5.78. The lowest BCUT2D eigenvalue weighted by atomic mass is 9.90. The first kappa shape index (κ1) is 11.2. The Morgan fingerprint density at radius 1 is 1.43 bits per heavy atom. The number of carbonyl (C=O) groups is 1. The maximum absolute atomic E-state index is 11.0. The highest BCUT2D eigenvalue weighted by atomic mass is 16.5. The van der Waals surface area contributed by atoms with E-state index in [4.69, 9.17) is 0 Å². The van der Waals surface area contributed by atoms with E-state index in [9.17, 15) is 4.79 Å². The monoisotopic (exact) mass is 197 g/mol. The molecule has 80 valence electrons. The van der Waals surface area contributed by atoms with Crippen molar-refractivity contribution in [3.8, 4) is 0 Å². The first-order valence-corrected chi connectivity index (χ1v) is 5.35. The minimum absolute atomic E-state index is 0.253. The second-order valence-electron chi connectivity index (χ2n) is 3.90. The highest BCUT2D eigenvalue weighted by Crippen LogP contribution is 2.22. The average molecular weight is 197 g/mol. The third-order valence-corrected chi connectivity index (χ3v) is 2.71. The lowest BCUT2D eigenvalue weighted by molar-refractivity contribution is -0.141. The van der Waals surface area contributed by atoms with Crippen molar-refractivity contribution in [1.82, 2.24) is 0 Å². The number of nitrogens with zero attached hydrogens (tertiary/aromatic N) is 1.